The van der Waals surface area contributed by atoms with Crippen LogP contribution in [0, 0.1) is 0 Å². The van der Waals surface area contributed by atoms with Gasteiger partial charge in [0.05, 0.1) is 0 Å². The van der Waals surface area contributed by atoms with Crippen molar-refractivity contribution in [1.29, 1.82) is 0 Å². The molecule has 1 N–H and O–H groups in total. The first-order valence-electron chi connectivity index (χ1n) is 8.63. The fraction of sp³-hybridized carbons (Fsp3) is 0.250. The van der Waals surface area contributed by atoms with Crippen molar-refractivity contribution in [2.45, 2.75) is 25.7 Å². The van der Waals surface area contributed by atoms with Gasteiger partial charge in [-0.15, -0.1) is 0 Å². The summed E-state index contributed by atoms with van der Waals surface area (Å²) in [6.45, 7) is -0.156. The average molecular weight is 350 g/mol. The lowest BCUT2D eigenvalue weighted by Crippen LogP contribution is -2.20. The molecule has 1 amide bonds. The van der Waals surface area contributed by atoms with Crippen LogP contribution in [0.5, 0.6) is 5.75 Å². The second-order valence-corrected chi connectivity index (χ2v) is 6.26. The van der Waals surface area contributed by atoms with E-state index >= 15 is 0 Å². The first-order chi connectivity index (χ1) is 12.7. The van der Waals surface area contributed by atoms with Gasteiger partial charge in [0.2, 0.25) is 0 Å². The maximum absolute atomic E-state index is 12.2. The minimum absolute atomic E-state index is 0.156. The van der Waals surface area contributed by atoms with E-state index in [1.54, 1.807) is 36.5 Å². The van der Waals surface area contributed by atoms with Crippen LogP contribution < -0.4 is 15.7 Å². The molecule has 0 bridgehead atoms. The van der Waals surface area contributed by atoms with Crippen molar-refractivity contribution < 1.29 is 13.9 Å². The molecule has 0 saturated heterocycles. The Hall–Kier alpha value is -3.15. The number of rotatable bonds is 4. The highest BCUT2D eigenvalue weighted by molar-refractivity contribution is 5.91. The maximum atomic E-state index is 12.2. The van der Waals surface area contributed by atoms with Gasteiger partial charge in [-0.25, -0.2) is 9.78 Å². The zero-order chi connectivity index (χ0) is 17.9. The van der Waals surface area contributed by atoms with E-state index in [2.05, 4.69) is 10.3 Å². The third-order valence-electron chi connectivity index (χ3n) is 4.50. The Morgan fingerprint density at radius 3 is 2.81 bits per heavy atom. The summed E-state index contributed by atoms with van der Waals surface area (Å²) in [5, 5.41) is 3.60. The molecule has 0 aliphatic heterocycles. The average Bonchev–Trinajstić information content (AvgIpc) is 2.67. The van der Waals surface area contributed by atoms with Gasteiger partial charge >= 0.3 is 5.63 Å². The molecule has 0 radical (unpaired) electrons. The number of nitrogens with zero attached hydrogens (tertiary/aromatic N) is 1. The Balaban J connectivity index is 1.51. The van der Waals surface area contributed by atoms with Gasteiger partial charge in [0, 0.05) is 23.2 Å². The minimum atomic E-state index is -0.310. The highest BCUT2D eigenvalue weighted by Crippen LogP contribution is 2.29. The number of pyridine rings is 1. The number of hydrogen-bond donors (Lipinski definition) is 1. The Labute approximate surface area is 149 Å². The van der Waals surface area contributed by atoms with Gasteiger partial charge in [-0.1, -0.05) is 6.07 Å². The van der Waals surface area contributed by atoms with Gasteiger partial charge in [0.1, 0.15) is 17.2 Å². The number of carbonyl (C=O) groups is 1. The molecule has 6 heteroatoms. The van der Waals surface area contributed by atoms with Gasteiger partial charge in [0.25, 0.3) is 5.91 Å². The van der Waals surface area contributed by atoms with E-state index in [0.717, 1.165) is 42.2 Å². The summed E-state index contributed by atoms with van der Waals surface area (Å²) in [6.07, 6.45) is 5.37. The van der Waals surface area contributed by atoms with Crippen molar-refractivity contribution in [2.75, 3.05) is 11.9 Å². The number of carbonyl (C=O) groups excluding carboxylic acids is 1. The second kappa shape index (κ2) is 7.00. The lowest BCUT2D eigenvalue weighted by molar-refractivity contribution is -0.118. The number of amides is 1. The van der Waals surface area contributed by atoms with Crippen molar-refractivity contribution in [3.05, 3.63) is 64.1 Å². The molecule has 1 aliphatic rings. The predicted molar refractivity (Wildman–Crippen MR) is 97.5 cm³/mol. The first-order valence-corrected chi connectivity index (χ1v) is 8.63. The molecule has 0 unspecified atom stereocenters. The van der Waals surface area contributed by atoms with Crippen molar-refractivity contribution in [1.82, 2.24) is 4.98 Å². The molecule has 4 rings (SSSR count). The molecule has 1 aliphatic carbocycles. The maximum Gasteiger partial charge on any atom is 0.339 e. The van der Waals surface area contributed by atoms with Crippen LogP contribution in [0.1, 0.15) is 24.0 Å². The van der Waals surface area contributed by atoms with Crippen molar-refractivity contribution in [3.63, 3.8) is 0 Å². The predicted octanol–water partition coefficient (Wildman–Crippen LogP) is 3.08. The largest absolute Gasteiger partial charge is 0.484 e. The Kier molecular flexibility index (Phi) is 4.39. The number of fused-ring (bicyclic) bond motifs is 3. The molecule has 132 valence electrons. The SMILES string of the molecule is O=C(COc1ccc2c3c(c(=O)oc2c1)CCCC3)Nc1ccccn1. The molecular weight excluding hydrogens is 332 g/mol. The monoisotopic (exact) mass is 350 g/mol. The van der Waals surface area contributed by atoms with Crippen LogP contribution in [0.15, 0.2) is 51.8 Å². The Morgan fingerprint density at radius 1 is 1.15 bits per heavy atom. The third-order valence-corrected chi connectivity index (χ3v) is 4.50. The normalized spacial score (nSPS) is 13.2. The molecule has 0 atom stereocenters. The Bertz CT molecular complexity index is 1010. The summed E-state index contributed by atoms with van der Waals surface area (Å²) in [4.78, 5) is 28.2. The Morgan fingerprint density at radius 2 is 2.00 bits per heavy atom. The number of aromatic nitrogens is 1. The number of aryl methyl sites for hydroxylation is 1. The quantitative estimate of drug-likeness (QED) is 0.731. The van der Waals surface area contributed by atoms with E-state index in [0.29, 0.717) is 17.2 Å². The molecule has 26 heavy (non-hydrogen) atoms. The lowest BCUT2D eigenvalue weighted by atomic mass is 9.91. The van der Waals surface area contributed by atoms with Gasteiger partial charge in [-0.05, 0) is 55.5 Å². The van der Waals surface area contributed by atoms with Crippen LogP contribution in [0.2, 0.25) is 0 Å². The summed E-state index contributed by atoms with van der Waals surface area (Å²) in [5.41, 5.74) is 2.12. The third kappa shape index (κ3) is 3.31. The van der Waals surface area contributed by atoms with E-state index in [-0.39, 0.29) is 18.1 Å². The van der Waals surface area contributed by atoms with Gasteiger partial charge in [-0.3, -0.25) is 4.79 Å². The van der Waals surface area contributed by atoms with E-state index in [1.807, 2.05) is 6.07 Å². The summed E-state index contributed by atoms with van der Waals surface area (Å²) in [6, 6.07) is 10.6. The van der Waals surface area contributed by atoms with E-state index in [4.69, 9.17) is 9.15 Å². The highest BCUT2D eigenvalue weighted by atomic mass is 16.5. The van der Waals surface area contributed by atoms with Gasteiger partial charge in [0.15, 0.2) is 6.61 Å². The van der Waals surface area contributed by atoms with Crippen LogP contribution in [-0.2, 0) is 17.6 Å². The van der Waals surface area contributed by atoms with E-state index < -0.39 is 0 Å². The smallest absolute Gasteiger partial charge is 0.339 e. The molecule has 2 heterocycles. The molecule has 6 nitrogen and oxygen atoms in total. The van der Waals surface area contributed by atoms with Crippen LogP contribution in [0.4, 0.5) is 5.82 Å². The molecule has 3 aromatic rings. The number of benzene rings is 1. The molecule has 0 spiro atoms. The van der Waals surface area contributed by atoms with Crippen LogP contribution in [0.25, 0.3) is 11.0 Å². The zero-order valence-corrected chi connectivity index (χ0v) is 14.2. The molecule has 1 aromatic carbocycles. The van der Waals surface area contributed by atoms with Crippen molar-refractivity contribution in [2.24, 2.45) is 0 Å². The van der Waals surface area contributed by atoms with E-state index in [9.17, 15) is 9.59 Å². The van der Waals surface area contributed by atoms with Crippen LogP contribution in [0.3, 0.4) is 0 Å². The van der Waals surface area contributed by atoms with Crippen LogP contribution in [-0.4, -0.2) is 17.5 Å². The first kappa shape index (κ1) is 16.3. The fourth-order valence-electron chi connectivity index (χ4n) is 3.28. The van der Waals surface area contributed by atoms with Crippen molar-refractivity contribution >= 4 is 22.7 Å². The summed E-state index contributed by atoms with van der Waals surface area (Å²) < 4.78 is 11.0. The standard InChI is InChI=1S/C20H18N2O4/c23-19(22-18-7-3-4-10-21-18)12-25-13-8-9-15-14-5-1-2-6-16(14)20(24)26-17(15)11-13/h3-4,7-11H,1-2,5-6,12H2,(H,21,22,23). The lowest BCUT2D eigenvalue weighted by Gasteiger charge is -2.16. The second-order valence-electron chi connectivity index (χ2n) is 6.26. The number of hydrogen-bond acceptors (Lipinski definition) is 5. The minimum Gasteiger partial charge on any atom is -0.484 e. The van der Waals surface area contributed by atoms with Gasteiger partial charge in [-0.2, -0.15) is 0 Å². The molecular formula is C20H18N2O4. The fourth-order valence-corrected chi connectivity index (χ4v) is 3.28. The summed E-state index contributed by atoms with van der Waals surface area (Å²) in [7, 11) is 0. The van der Waals surface area contributed by atoms with Crippen molar-refractivity contribution in [3.8, 4) is 5.75 Å². The number of ether oxygens (including phenoxy) is 1. The van der Waals surface area contributed by atoms with Gasteiger partial charge < -0.3 is 14.5 Å². The zero-order valence-electron chi connectivity index (χ0n) is 14.2. The number of nitrogens with one attached hydrogen (secondary N) is 1. The summed E-state index contributed by atoms with van der Waals surface area (Å²) in [5.74, 6) is 0.639. The van der Waals surface area contributed by atoms with E-state index in [1.165, 1.54) is 0 Å². The molecule has 0 fully saturated rings. The number of anilines is 1. The topological polar surface area (TPSA) is 81.4 Å². The van der Waals surface area contributed by atoms with Crippen LogP contribution >= 0.6 is 0 Å². The molecule has 0 saturated carbocycles. The highest BCUT2D eigenvalue weighted by Gasteiger charge is 2.18. The summed E-state index contributed by atoms with van der Waals surface area (Å²) >= 11 is 0. The molecule has 2 aromatic heterocycles.